The van der Waals surface area contributed by atoms with E-state index in [0.717, 1.165) is 22.3 Å². The summed E-state index contributed by atoms with van der Waals surface area (Å²) in [6, 6.07) is 32.1. The zero-order valence-electron chi connectivity index (χ0n) is 24.3. The predicted molar refractivity (Wildman–Crippen MR) is 166 cm³/mol. The normalized spacial score (nSPS) is 12.5. The number of benzene rings is 4. The number of hydrogen-bond donors (Lipinski definition) is 0. The maximum Gasteiger partial charge on any atom is 0.336 e. The van der Waals surface area contributed by atoms with Gasteiger partial charge in [-0.15, -0.1) is 0 Å². The summed E-state index contributed by atoms with van der Waals surface area (Å²) in [5, 5.41) is 0.399. The van der Waals surface area contributed by atoms with Crippen molar-refractivity contribution in [3.63, 3.8) is 0 Å². The average Bonchev–Trinajstić information content (AvgIpc) is 2.97. The van der Waals surface area contributed by atoms with E-state index in [0.29, 0.717) is 23.0 Å². The van der Waals surface area contributed by atoms with E-state index in [4.69, 9.17) is 0 Å². The van der Waals surface area contributed by atoms with Crippen molar-refractivity contribution in [3.05, 3.63) is 146 Å². The van der Waals surface area contributed by atoms with Crippen molar-refractivity contribution >= 4 is 16.7 Å². The maximum atomic E-state index is 14.6. The van der Waals surface area contributed by atoms with E-state index in [1.807, 2.05) is 89.2 Å². The van der Waals surface area contributed by atoms with Crippen molar-refractivity contribution in [2.24, 2.45) is 5.41 Å². The van der Waals surface area contributed by atoms with Crippen LogP contribution in [0.4, 0.5) is 0 Å². The summed E-state index contributed by atoms with van der Waals surface area (Å²) >= 11 is 0. The highest BCUT2D eigenvalue weighted by atomic mass is 16.2. The summed E-state index contributed by atoms with van der Waals surface area (Å²) in [6.45, 7) is 9.53. The molecule has 41 heavy (non-hydrogen) atoms. The molecule has 5 rings (SSSR count). The van der Waals surface area contributed by atoms with Gasteiger partial charge in [-0.1, -0.05) is 106 Å². The first-order chi connectivity index (χ1) is 19.6. The molecule has 5 heteroatoms. The van der Waals surface area contributed by atoms with Crippen LogP contribution in [0.3, 0.4) is 0 Å². The molecule has 0 fully saturated rings. The molecule has 1 aromatic heterocycles. The molecule has 208 valence electrons. The molecule has 1 unspecified atom stereocenters. The lowest BCUT2D eigenvalue weighted by atomic mass is 9.79. The van der Waals surface area contributed by atoms with Crippen molar-refractivity contribution < 1.29 is 4.79 Å². The van der Waals surface area contributed by atoms with Crippen LogP contribution in [0.5, 0.6) is 0 Å². The fourth-order valence-electron chi connectivity index (χ4n) is 5.66. The molecule has 0 spiro atoms. The van der Waals surface area contributed by atoms with Crippen LogP contribution in [-0.4, -0.2) is 14.9 Å². The van der Waals surface area contributed by atoms with Crippen molar-refractivity contribution in [1.29, 1.82) is 0 Å². The van der Waals surface area contributed by atoms with E-state index >= 15 is 0 Å². The van der Waals surface area contributed by atoms with E-state index < -0.39 is 17.1 Å². The molecule has 0 saturated heterocycles. The Bertz CT molecular complexity index is 1790. The average molecular weight is 545 g/mol. The third-order valence-electron chi connectivity index (χ3n) is 8.03. The van der Waals surface area contributed by atoms with Crippen molar-refractivity contribution in [2.75, 3.05) is 0 Å². The van der Waals surface area contributed by atoms with Gasteiger partial charge in [0.15, 0.2) is 5.78 Å². The third kappa shape index (κ3) is 5.32. The smallest absolute Gasteiger partial charge is 0.297 e. The number of ketones is 1. The minimum atomic E-state index is -0.824. The molecule has 0 saturated carbocycles. The zero-order chi connectivity index (χ0) is 29.3. The first-order valence-electron chi connectivity index (χ1n) is 14.1. The number of nitrogens with zero attached hydrogens (tertiary/aromatic N) is 2. The fourth-order valence-corrected chi connectivity index (χ4v) is 5.66. The van der Waals surface area contributed by atoms with Crippen molar-refractivity contribution in [3.8, 4) is 5.69 Å². The van der Waals surface area contributed by atoms with Gasteiger partial charge in [-0.25, -0.2) is 9.36 Å². The van der Waals surface area contributed by atoms with Crippen LogP contribution in [0.1, 0.15) is 61.4 Å². The van der Waals surface area contributed by atoms with Crippen molar-refractivity contribution in [2.45, 2.75) is 53.0 Å². The molecule has 0 aliphatic carbocycles. The second-order valence-electron chi connectivity index (χ2n) is 11.8. The first-order valence-corrected chi connectivity index (χ1v) is 14.1. The Morgan fingerprint density at radius 1 is 0.732 bits per heavy atom. The van der Waals surface area contributed by atoms with E-state index in [-0.39, 0.29) is 17.3 Å². The molecule has 1 heterocycles. The number of aryl methyl sites for hydroxylation is 1. The summed E-state index contributed by atoms with van der Waals surface area (Å²) in [5.74, 6) is -0.215. The summed E-state index contributed by atoms with van der Waals surface area (Å²) in [5.41, 5.74) is 3.31. The standard InChI is InChI=1S/C36H36N2O3/c1-24-15-14-22-30(25(24)2)38-34(40)28-20-12-13-21-31(28)37(35(38)41)32(33(39)36(3,4)5)23-29(26-16-8-6-9-17-26)27-18-10-7-11-19-27/h6-22,29,32H,23H2,1-5H3. The Hall–Kier alpha value is -4.51. The number of carbonyl (C=O) groups is 1. The molecule has 1 atom stereocenters. The summed E-state index contributed by atoms with van der Waals surface area (Å²) in [4.78, 5) is 42.8. The fraction of sp³-hybridized carbons (Fsp3) is 0.250. The summed E-state index contributed by atoms with van der Waals surface area (Å²) in [6.07, 6.45) is 0.360. The Morgan fingerprint density at radius 3 is 1.88 bits per heavy atom. The molecule has 0 radical (unpaired) electrons. The third-order valence-corrected chi connectivity index (χ3v) is 8.03. The van der Waals surface area contributed by atoms with Crippen LogP contribution in [-0.2, 0) is 4.79 Å². The van der Waals surface area contributed by atoms with Gasteiger partial charge < -0.3 is 0 Å². The Balaban J connectivity index is 1.84. The highest BCUT2D eigenvalue weighted by molar-refractivity contribution is 5.89. The van der Waals surface area contributed by atoms with Gasteiger partial charge in [-0.3, -0.25) is 14.2 Å². The number of Topliss-reactive ketones (excluding diaryl/α,β-unsaturated/α-hetero) is 1. The minimum Gasteiger partial charge on any atom is -0.297 e. The molecule has 5 nitrogen and oxygen atoms in total. The zero-order valence-corrected chi connectivity index (χ0v) is 24.3. The van der Waals surface area contributed by atoms with E-state index in [1.54, 1.807) is 28.8 Å². The lowest BCUT2D eigenvalue weighted by Crippen LogP contribution is -2.44. The quantitative estimate of drug-likeness (QED) is 0.219. The van der Waals surface area contributed by atoms with Gasteiger partial charge in [0.2, 0.25) is 0 Å². The van der Waals surface area contributed by atoms with E-state index in [1.165, 1.54) is 4.57 Å². The highest BCUT2D eigenvalue weighted by Crippen LogP contribution is 2.37. The topological polar surface area (TPSA) is 61.1 Å². The van der Waals surface area contributed by atoms with Crippen LogP contribution < -0.4 is 11.2 Å². The van der Waals surface area contributed by atoms with E-state index in [2.05, 4.69) is 24.3 Å². The number of rotatable bonds is 7. The molecule has 5 aromatic rings. The molecule has 0 aliphatic rings. The number of para-hydroxylation sites is 1. The van der Waals surface area contributed by atoms with Crippen LogP contribution in [0, 0.1) is 19.3 Å². The Kier molecular flexibility index (Phi) is 7.63. The monoisotopic (exact) mass is 544 g/mol. The van der Waals surface area contributed by atoms with Crippen molar-refractivity contribution in [1.82, 2.24) is 9.13 Å². The molecule has 0 N–H and O–H groups in total. The molecule has 0 bridgehead atoms. The minimum absolute atomic E-state index is 0.0622. The molecule has 0 amide bonds. The lowest BCUT2D eigenvalue weighted by Gasteiger charge is -2.31. The van der Waals surface area contributed by atoms with Gasteiger partial charge in [0.1, 0.15) is 0 Å². The summed E-state index contributed by atoms with van der Waals surface area (Å²) < 4.78 is 2.82. The predicted octanol–water partition coefficient (Wildman–Crippen LogP) is 7.15. The van der Waals surface area contributed by atoms with Gasteiger partial charge in [-0.05, 0) is 60.7 Å². The lowest BCUT2D eigenvalue weighted by molar-refractivity contribution is -0.130. The number of hydrogen-bond acceptors (Lipinski definition) is 3. The van der Waals surface area contributed by atoms with Gasteiger partial charge in [-0.2, -0.15) is 0 Å². The van der Waals surface area contributed by atoms with E-state index in [9.17, 15) is 14.4 Å². The second-order valence-corrected chi connectivity index (χ2v) is 11.8. The van der Waals surface area contributed by atoms with Crippen LogP contribution in [0.25, 0.3) is 16.6 Å². The largest absolute Gasteiger partial charge is 0.336 e. The highest BCUT2D eigenvalue weighted by Gasteiger charge is 2.36. The molecule has 0 aliphatic heterocycles. The molecular weight excluding hydrogens is 508 g/mol. The maximum absolute atomic E-state index is 14.6. The molecular formula is C36H36N2O3. The number of aromatic nitrogens is 2. The number of fused-ring (bicyclic) bond motifs is 1. The van der Waals surface area contributed by atoms with Gasteiger partial charge in [0.25, 0.3) is 5.56 Å². The van der Waals surface area contributed by atoms with Gasteiger partial charge >= 0.3 is 5.69 Å². The van der Waals surface area contributed by atoms with Crippen LogP contribution in [0.2, 0.25) is 0 Å². The first kappa shape index (κ1) is 28.0. The Morgan fingerprint density at radius 2 is 1.29 bits per heavy atom. The van der Waals surface area contributed by atoms with Gasteiger partial charge in [0, 0.05) is 11.3 Å². The summed E-state index contributed by atoms with van der Waals surface area (Å²) in [7, 11) is 0. The Labute approximate surface area is 240 Å². The molecule has 4 aromatic carbocycles. The van der Waals surface area contributed by atoms with Gasteiger partial charge in [0.05, 0.1) is 22.6 Å². The SMILES string of the molecule is Cc1cccc(-n2c(=O)c3ccccc3n(C(CC(c3ccccc3)c3ccccc3)C(=O)C(C)(C)C)c2=O)c1C. The number of carbonyl (C=O) groups excluding carboxylic acids is 1. The van der Waals surface area contributed by atoms with Crippen LogP contribution >= 0.6 is 0 Å². The van der Waals surface area contributed by atoms with Crippen LogP contribution in [0.15, 0.2) is 113 Å². The second kappa shape index (κ2) is 11.2.